The number of allylic oxidation sites excluding steroid dienone is 7. The number of hydrogen-bond acceptors (Lipinski definition) is 2. The van der Waals surface area contributed by atoms with Crippen LogP contribution < -0.4 is 4.74 Å². The van der Waals surface area contributed by atoms with Crippen molar-refractivity contribution in [3.05, 3.63) is 70.9 Å². The Bertz CT molecular complexity index is 823. The van der Waals surface area contributed by atoms with E-state index in [2.05, 4.69) is 59.4 Å². The van der Waals surface area contributed by atoms with Gasteiger partial charge in [-0.25, -0.2) is 0 Å². The van der Waals surface area contributed by atoms with Gasteiger partial charge in [-0.15, -0.1) is 0 Å². The monoisotopic (exact) mass is 364 g/mol. The highest BCUT2D eigenvalue weighted by molar-refractivity contribution is 5.85. The molecule has 2 heteroatoms. The summed E-state index contributed by atoms with van der Waals surface area (Å²) in [6.07, 6.45) is 9.73. The molecule has 0 heterocycles. The summed E-state index contributed by atoms with van der Waals surface area (Å²) in [5.41, 5.74) is 6.63. The van der Waals surface area contributed by atoms with Crippen LogP contribution in [0.1, 0.15) is 63.4 Å². The van der Waals surface area contributed by atoms with Gasteiger partial charge in [0.15, 0.2) is 6.29 Å². The van der Waals surface area contributed by atoms with Crippen molar-refractivity contribution in [1.29, 1.82) is 0 Å². The summed E-state index contributed by atoms with van der Waals surface area (Å²) in [4.78, 5) is 11.4. The number of aldehydes is 1. The Kier molecular flexibility index (Phi) is 6.64. The van der Waals surface area contributed by atoms with Crippen molar-refractivity contribution in [2.24, 2.45) is 11.3 Å². The first-order valence-electron chi connectivity index (χ1n) is 9.68. The maximum atomic E-state index is 11.4. The van der Waals surface area contributed by atoms with Gasteiger partial charge in [0, 0.05) is 5.41 Å². The third-order valence-electron chi connectivity index (χ3n) is 5.99. The van der Waals surface area contributed by atoms with Crippen molar-refractivity contribution >= 4 is 11.9 Å². The van der Waals surface area contributed by atoms with Crippen LogP contribution in [0, 0.1) is 11.3 Å². The number of benzene rings is 1. The molecule has 2 atom stereocenters. The molecule has 0 N–H and O–H groups in total. The average molecular weight is 365 g/mol. The van der Waals surface area contributed by atoms with Crippen LogP contribution in [0.2, 0.25) is 0 Å². The minimum Gasteiger partial charge on any atom is -0.496 e. The predicted molar refractivity (Wildman–Crippen MR) is 115 cm³/mol. The molecule has 1 aromatic carbocycles. The van der Waals surface area contributed by atoms with Crippen molar-refractivity contribution in [2.75, 3.05) is 7.11 Å². The lowest BCUT2D eigenvalue weighted by Gasteiger charge is -2.36. The van der Waals surface area contributed by atoms with Crippen LogP contribution >= 0.6 is 0 Å². The van der Waals surface area contributed by atoms with Gasteiger partial charge < -0.3 is 4.74 Å². The van der Waals surface area contributed by atoms with Gasteiger partial charge in [-0.2, -0.15) is 0 Å². The molecule has 1 aromatic rings. The lowest BCUT2D eigenvalue weighted by atomic mass is 9.68. The highest BCUT2D eigenvalue weighted by Crippen LogP contribution is 2.45. The molecular weight excluding hydrogens is 332 g/mol. The number of methoxy groups -OCH3 is 1. The number of rotatable bonds is 7. The first-order valence-corrected chi connectivity index (χ1v) is 9.68. The van der Waals surface area contributed by atoms with Crippen LogP contribution in [0.4, 0.5) is 0 Å². The van der Waals surface area contributed by atoms with E-state index in [0.29, 0.717) is 17.2 Å². The third-order valence-corrected chi connectivity index (χ3v) is 5.99. The van der Waals surface area contributed by atoms with E-state index in [-0.39, 0.29) is 5.41 Å². The van der Waals surface area contributed by atoms with E-state index in [0.717, 1.165) is 30.3 Å². The molecule has 2 unspecified atom stereocenters. The summed E-state index contributed by atoms with van der Waals surface area (Å²) in [5, 5.41) is 0. The fraction of sp³-hybridized carbons (Fsp3) is 0.400. The largest absolute Gasteiger partial charge is 0.496 e. The number of carbonyl (C=O) groups excluding carboxylic acids is 1. The standard InChI is InChI=1S/C25H32O2/c1-8-13-25(6,17(2)3)23-11-9-20(14-18(4)19(23)5)21-10-12-24(27-7)22(15-21)16-26/h9-12,14-16,19H,2,8,13H2,1,3-7H3. The van der Waals surface area contributed by atoms with Crippen LogP contribution in [0.15, 0.2) is 59.7 Å². The molecule has 0 saturated carbocycles. The summed E-state index contributed by atoms with van der Waals surface area (Å²) in [5.74, 6) is 0.946. The molecule has 2 rings (SSSR count). The van der Waals surface area contributed by atoms with Crippen molar-refractivity contribution in [3.63, 3.8) is 0 Å². The van der Waals surface area contributed by atoms with Crippen molar-refractivity contribution < 1.29 is 9.53 Å². The molecule has 2 nitrogen and oxygen atoms in total. The Morgan fingerprint density at radius 2 is 2.04 bits per heavy atom. The molecule has 0 aromatic heterocycles. The molecular formula is C25H32O2. The summed E-state index contributed by atoms with van der Waals surface area (Å²) in [6, 6.07) is 5.76. The molecule has 0 spiro atoms. The number of ether oxygens (including phenoxy) is 1. The van der Waals surface area contributed by atoms with Crippen molar-refractivity contribution in [2.45, 2.75) is 47.5 Å². The maximum Gasteiger partial charge on any atom is 0.153 e. The Labute approximate surface area is 164 Å². The lowest BCUT2D eigenvalue weighted by molar-refractivity contribution is 0.112. The summed E-state index contributed by atoms with van der Waals surface area (Å²) < 4.78 is 5.27. The summed E-state index contributed by atoms with van der Waals surface area (Å²) in [7, 11) is 1.58. The lowest BCUT2D eigenvalue weighted by Crippen LogP contribution is -2.25. The zero-order valence-corrected chi connectivity index (χ0v) is 17.6. The van der Waals surface area contributed by atoms with Crippen LogP contribution in [0.25, 0.3) is 5.57 Å². The Balaban J connectivity index is 2.58. The third kappa shape index (κ3) is 4.16. The fourth-order valence-electron chi connectivity index (χ4n) is 3.94. The van der Waals surface area contributed by atoms with Crippen LogP contribution in [0.3, 0.4) is 0 Å². The van der Waals surface area contributed by atoms with Crippen molar-refractivity contribution in [3.8, 4) is 5.75 Å². The van der Waals surface area contributed by atoms with Gasteiger partial charge in [-0.1, -0.05) is 74.8 Å². The second kappa shape index (κ2) is 8.56. The smallest absolute Gasteiger partial charge is 0.153 e. The second-order valence-corrected chi connectivity index (χ2v) is 7.79. The van der Waals surface area contributed by atoms with Gasteiger partial charge >= 0.3 is 0 Å². The quantitative estimate of drug-likeness (QED) is 0.393. The molecule has 0 aliphatic heterocycles. The average Bonchev–Trinajstić information content (AvgIpc) is 2.80. The fourth-order valence-corrected chi connectivity index (χ4v) is 3.94. The molecule has 0 radical (unpaired) electrons. The molecule has 27 heavy (non-hydrogen) atoms. The minimum absolute atomic E-state index is 0.0108. The van der Waals surface area contributed by atoms with Crippen LogP contribution in [-0.2, 0) is 0 Å². The highest BCUT2D eigenvalue weighted by atomic mass is 16.5. The van der Waals surface area contributed by atoms with E-state index in [1.165, 1.54) is 16.7 Å². The highest BCUT2D eigenvalue weighted by Gasteiger charge is 2.33. The topological polar surface area (TPSA) is 26.3 Å². The van der Waals surface area contributed by atoms with E-state index in [9.17, 15) is 4.79 Å². The van der Waals surface area contributed by atoms with Gasteiger partial charge in [-0.05, 0) is 49.5 Å². The van der Waals surface area contributed by atoms with Gasteiger partial charge in [-0.3, -0.25) is 4.79 Å². The Hall–Kier alpha value is -2.35. The van der Waals surface area contributed by atoms with Gasteiger partial charge in [0.1, 0.15) is 5.75 Å². The van der Waals surface area contributed by atoms with Gasteiger partial charge in [0.2, 0.25) is 0 Å². The number of hydrogen-bond donors (Lipinski definition) is 0. The molecule has 0 bridgehead atoms. The molecule has 1 aliphatic carbocycles. The second-order valence-electron chi connectivity index (χ2n) is 7.79. The number of carbonyl (C=O) groups is 1. The van der Waals surface area contributed by atoms with Gasteiger partial charge in [0.25, 0.3) is 0 Å². The molecule has 0 fully saturated rings. The van der Waals surface area contributed by atoms with Crippen LogP contribution in [0.5, 0.6) is 5.75 Å². The van der Waals surface area contributed by atoms with E-state index in [4.69, 9.17) is 4.74 Å². The molecule has 1 aliphatic rings. The first kappa shape index (κ1) is 21.0. The van der Waals surface area contributed by atoms with Crippen LogP contribution in [-0.4, -0.2) is 13.4 Å². The SMILES string of the molecule is C=C(C)C(C)(CCC)C1=CC=C(c2ccc(OC)c(C=O)c2)C=C(C)C1C. The Morgan fingerprint density at radius 1 is 1.33 bits per heavy atom. The maximum absolute atomic E-state index is 11.4. The van der Waals surface area contributed by atoms with Gasteiger partial charge in [0.05, 0.1) is 12.7 Å². The van der Waals surface area contributed by atoms with Crippen molar-refractivity contribution in [1.82, 2.24) is 0 Å². The predicted octanol–water partition coefficient (Wildman–Crippen LogP) is 6.80. The normalized spacial score (nSPS) is 19.2. The van der Waals surface area contributed by atoms with E-state index >= 15 is 0 Å². The zero-order chi connectivity index (χ0) is 20.2. The van der Waals surface area contributed by atoms with E-state index in [1.807, 2.05) is 18.2 Å². The van der Waals surface area contributed by atoms with E-state index < -0.39 is 0 Å². The minimum atomic E-state index is -0.0108. The molecule has 0 amide bonds. The summed E-state index contributed by atoms with van der Waals surface area (Å²) >= 11 is 0. The van der Waals surface area contributed by atoms with E-state index in [1.54, 1.807) is 7.11 Å². The first-order chi connectivity index (χ1) is 12.8. The molecule has 144 valence electrons. The Morgan fingerprint density at radius 3 is 2.59 bits per heavy atom. The zero-order valence-electron chi connectivity index (χ0n) is 17.6. The summed E-state index contributed by atoms with van der Waals surface area (Å²) in [6.45, 7) is 15.4. The molecule has 0 saturated heterocycles.